The molecule has 1 aliphatic rings. The Morgan fingerprint density at radius 2 is 1.88 bits per heavy atom. The van der Waals surface area contributed by atoms with Gasteiger partial charge in [-0.15, -0.1) is 11.3 Å². The van der Waals surface area contributed by atoms with Crippen molar-refractivity contribution in [2.75, 3.05) is 0 Å². The summed E-state index contributed by atoms with van der Waals surface area (Å²) in [5.74, 6) is -1.43. The number of aromatic nitrogens is 1. The fourth-order valence-electron chi connectivity index (χ4n) is 3.05. The van der Waals surface area contributed by atoms with Crippen LogP contribution in [0.3, 0.4) is 0 Å². The van der Waals surface area contributed by atoms with Crippen molar-refractivity contribution in [3.63, 3.8) is 0 Å². The Bertz CT molecular complexity index is 752. The number of hydrogen-bond donors (Lipinski definition) is 2. The number of rotatable bonds is 5. The Labute approximate surface area is 148 Å². The van der Waals surface area contributed by atoms with Gasteiger partial charge in [0.25, 0.3) is 0 Å². The number of carbonyl (C=O) groups is 2. The molecule has 0 atom stereocenters. The fourth-order valence-corrected chi connectivity index (χ4v) is 3.85. The fraction of sp³-hybridized carbons (Fsp3) is 0.389. The van der Waals surface area contributed by atoms with Crippen LogP contribution < -0.4 is 5.32 Å². The zero-order valence-electron chi connectivity index (χ0n) is 13.6. The van der Waals surface area contributed by atoms with Crippen LogP contribution in [-0.2, 0) is 16.0 Å². The van der Waals surface area contributed by atoms with Gasteiger partial charge < -0.3 is 10.4 Å². The molecule has 132 valence electrons. The summed E-state index contributed by atoms with van der Waals surface area (Å²) >= 11 is 1.40. The molecule has 1 fully saturated rings. The van der Waals surface area contributed by atoms with Crippen molar-refractivity contribution >= 4 is 23.2 Å². The van der Waals surface area contributed by atoms with Crippen LogP contribution in [0.1, 0.15) is 30.7 Å². The molecule has 2 N–H and O–H groups in total. The minimum atomic E-state index is -0.749. The molecule has 1 aliphatic carbocycles. The average Bonchev–Trinajstić information content (AvgIpc) is 3.04. The molecule has 1 aromatic carbocycles. The van der Waals surface area contributed by atoms with Gasteiger partial charge in [-0.3, -0.25) is 9.59 Å². The standard InChI is InChI=1S/C18H19FN2O3S/c19-13-5-1-11(2-6-13)15-10-25-17(21-15)9-16(22)20-14-7-3-12(4-8-14)18(23)24/h1-2,5-6,10,12,14H,3-4,7-9H2,(H,20,22)(H,23,24). The maximum Gasteiger partial charge on any atom is 0.306 e. The van der Waals surface area contributed by atoms with Gasteiger partial charge >= 0.3 is 5.97 Å². The second kappa shape index (κ2) is 7.74. The SMILES string of the molecule is O=C(Cc1nc(-c2ccc(F)cc2)cs1)NC1CCC(C(=O)O)CC1. The maximum absolute atomic E-state index is 13.0. The lowest BCUT2D eigenvalue weighted by Crippen LogP contribution is -2.39. The van der Waals surface area contributed by atoms with E-state index in [2.05, 4.69) is 10.3 Å². The van der Waals surface area contributed by atoms with Crippen LogP contribution in [0.5, 0.6) is 0 Å². The van der Waals surface area contributed by atoms with Crippen molar-refractivity contribution in [2.45, 2.75) is 38.1 Å². The molecule has 1 aromatic heterocycles. The zero-order valence-corrected chi connectivity index (χ0v) is 14.4. The van der Waals surface area contributed by atoms with Crippen LogP contribution in [0.25, 0.3) is 11.3 Å². The Balaban J connectivity index is 1.52. The summed E-state index contributed by atoms with van der Waals surface area (Å²) in [6.45, 7) is 0. The van der Waals surface area contributed by atoms with Gasteiger partial charge in [0.15, 0.2) is 0 Å². The molecule has 1 amide bonds. The van der Waals surface area contributed by atoms with E-state index in [9.17, 15) is 14.0 Å². The van der Waals surface area contributed by atoms with Gasteiger partial charge in [-0.1, -0.05) is 0 Å². The van der Waals surface area contributed by atoms with Gasteiger partial charge in [-0.05, 0) is 49.9 Å². The Morgan fingerprint density at radius 1 is 1.20 bits per heavy atom. The van der Waals surface area contributed by atoms with Gasteiger partial charge in [0.2, 0.25) is 5.91 Å². The van der Waals surface area contributed by atoms with Crippen LogP contribution in [-0.4, -0.2) is 28.0 Å². The highest BCUT2D eigenvalue weighted by atomic mass is 32.1. The number of nitrogens with one attached hydrogen (secondary N) is 1. The molecule has 0 radical (unpaired) electrons. The monoisotopic (exact) mass is 362 g/mol. The van der Waals surface area contributed by atoms with Crippen molar-refractivity contribution in [2.24, 2.45) is 5.92 Å². The number of carboxylic acid groups (broad SMARTS) is 1. The van der Waals surface area contributed by atoms with Crippen LogP contribution in [0, 0.1) is 11.7 Å². The van der Waals surface area contributed by atoms with Gasteiger partial charge in [0.05, 0.1) is 18.0 Å². The summed E-state index contributed by atoms with van der Waals surface area (Å²) in [4.78, 5) is 27.6. The van der Waals surface area contributed by atoms with Gasteiger partial charge in [-0.25, -0.2) is 9.37 Å². The Kier molecular flexibility index (Phi) is 5.43. The Hall–Kier alpha value is -2.28. The lowest BCUT2D eigenvalue weighted by Gasteiger charge is -2.26. The summed E-state index contributed by atoms with van der Waals surface area (Å²) in [7, 11) is 0. The third-order valence-corrected chi connectivity index (χ3v) is 5.29. The van der Waals surface area contributed by atoms with Gasteiger partial charge in [-0.2, -0.15) is 0 Å². The molecule has 0 aliphatic heterocycles. The number of thiazole rings is 1. The summed E-state index contributed by atoms with van der Waals surface area (Å²) in [6, 6.07) is 6.13. The smallest absolute Gasteiger partial charge is 0.306 e. The van der Waals surface area contributed by atoms with Crippen molar-refractivity contribution in [1.29, 1.82) is 0 Å². The van der Waals surface area contributed by atoms with Crippen LogP contribution >= 0.6 is 11.3 Å². The molecule has 25 heavy (non-hydrogen) atoms. The number of nitrogens with zero attached hydrogens (tertiary/aromatic N) is 1. The first-order chi connectivity index (χ1) is 12.0. The largest absolute Gasteiger partial charge is 0.481 e. The van der Waals surface area contributed by atoms with Gasteiger partial charge in [0, 0.05) is 17.0 Å². The highest BCUT2D eigenvalue weighted by Crippen LogP contribution is 2.25. The van der Waals surface area contributed by atoms with Crippen LogP contribution in [0.15, 0.2) is 29.6 Å². The van der Waals surface area contributed by atoms with E-state index in [0.29, 0.717) is 30.7 Å². The van der Waals surface area contributed by atoms with Crippen molar-refractivity contribution in [1.82, 2.24) is 10.3 Å². The topological polar surface area (TPSA) is 79.3 Å². The lowest BCUT2D eigenvalue weighted by atomic mass is 9.86. The zero-order chi connectivity index (χ0) is 17.8. The predicted molar refractivity (Wildman–Crippen MR) is 92.7 cm³/mol. The van der Waals surface area contributed by atoms with Crippen molar-refractivity contribution in [3.05, 3.63) is 40.5 Å². The number of carboxylic acids is 1. The van der Waals surface area contributed by atoms with Crippen LogP contribution in [0.4, 0.5) is 4.39 Å². The summed E-state index contributed by atoms with van der Waals surface area (Å²) in [6.07, 6.45) is 2.80. The van der Waals surface area contributed by atoms with Crippen LogP contribution in [0.2, 0.25) is 0 Å². The lowest BCUT2D eigenvalue weighted by molar-refractivity contribution is -0.142. The molecule has 1 heterocycles. The highest BCUT2D eigenvalue weighted by molar-refractivity contribution is 7.10. The molecule has 3 rings (SSSR count). The number of carbonyl (C=O) groups excluding carboxylic acids is 1. The molecule has 0 saturated heterocycles. The quantitative estimate of drug-likeness (QED) is 0.856. The average molecular weight is 362 g/mol. The van der Waals surface area contributed by atoms with Crippen molar-refractivity contribution < 1.29 is 19.1 Å². The molecular weight excluding hydrogens is 343 g/mol. The second-order valence-electron chi connectivity index (χ2n) is 6.26. The predicted octanol–water partition coefficient (Wildman–Crippen LogP) is 3.25. The number of halogens is 1. The molecule has 5 nitrogen and oxygen atoms in total. The second-order valence-corrected chi connectivity index (χ2v) is 7.21. The van der Waals surface area contributed by atoms with E-state index in [1.807, 2.05) is 5.38 Å². The van der Waals surface area contributed by atoms with E-state index in [4.69, 9.17) is 5.11 Å². The number of amides is 1. The maximum atomic E-state index is 13.0. The highest BCUT2D eigenvalue weighted by Gasteiger charge is 2.26. The van der Waals surface area contributed by atoms with Crippen molar-refractivity contribution in [3.8, 4) is 11.3 Å². The van der Waals surface area contributed by atoms with E-state index in [1.54, 1.807) is 12.1 Å². The molecule has 1 saturated carbocycles. The molecule has 7 heteroatoms. The van der Waals surface area contributed by atoms with E-state index in [-0.39, 0.29) is 30.1 Å². The van der Waals surface area contributed by atoms with E-state index >= 15 is 0 Å². The van der Waals surface area contributed by atoms with E-state index in [1.165, 1.54) is 23.5 Å². The minimum absolute atomic E-state index is 0.0413. The summed E-state index contributed by atoms with van der Waals surface area (Å²) in [5.41, 5.74) is 1.55. The minimum Gasteiger partial charge on any atom is -0.481 e. The number of hydrogen-bond acceptors (Lipinski definition) is 4. The third kappa shape index (κ3) is 4.63. The third-order valence-electron chi connectivity index (χ3n) is 4.45. The Morgan fingerprint density at radius 3 is 2.52 bits per heavy atom. The summed E-state index contributed by atoms with van der Waals surface area (Å²) < 4.78 is 13.0. The molecule has 0 bridgehead atoms. The molecule has 0 unspecified atom stereocenters. The van der Waals surface area contributed by atoms with E-state index < -0.39 is 5.97 Å². The first kappa shape index (κ1) is 17.5. The first-order valence-electron chi connectivity index (χ1n) is 8.24. The molecule has 2 aromatic rings. The van der Waals surface area contributed by atoms with Gasteiger partial charge in [0.1, 0.15) is 10.8 Å². The molecule has 0 spiro atoms. The normalized spacial score (nSPS) is 20.2. The first-order valence-corrected chi connectivity index (χ1v) is 9.12. The number of benzene rings is 1. The summed E-state index contributed by atoms with van der Waals surface area (Å²) in [5, 5.41) is 14.5. The molecular formula is C18H19FN2O3S. The van der Waals surface area contributed by atoms with E-state index in [0.717, 1.165) is 11.3 Å². The number of aliphatic carboxylic acids is 1.